The lowest BCUT2D eigenvalue weighted by molar-refractivity contribution is 0.339. The van der Waals surface area contributed by atoms with Crippen LogP contribution in [0.25, 0.3) is 6.08 Å². The van der Waals surface area contributed by atoms with Crippen LogP contribution >= 0.6 is 0 Å². The fourth-order valence-corrected chi connectivity index (χ4v) is 6.81. The number of hydrogen-bond donors (Lipinski definition) is 0. The summed E-state index contributed by atoms with van der Waals surface area (Å²) in [4.78, 5) is 4.78. The normalized spacial score (nSPS) is 12.5. The molecule has 3 rings (SSSR count). The summed E-state index contributed by atoms with van der Waals surface area (Å²) in [6.45, 7) is 16.6. The van der Waals surface area contributed by atoms with Crippen molar-refractivity contribution < 1.29 is 17.9 Å². The van der Waals surface area contributed by atoms with Crippen molar-refractivity contribution in [2.24, 2.45) is 0 Å². The fourth-order valence-electron chi connectivity index (χ4n) is 5.10. The van der Waals surface area contributed by atoms with E-state index in [1.165, 1.54) is 0 Å². The van der Waals surface area contributed by atoms with Crippen LogP contribution in [-0.2, 0) is 9.84 Å². The molecule has 0 N–H and O–H groups in total. The zero-order valence-electron chi connectivity index (χ0n) is 26.1. The molecule has 0 radical (unpaired) electrons. The number of rotatable bonds is 15. The largest absolute Gasteiger partial charge is 0.497 e. The highest BCUT2D eigenvalue weighted by molar-refractivity contribution is 7.91. The number of sulfone groups is 1. The predicted molar refractivity (Wildman–Crippen MR) is 177 cm³/mol. The van der Waals surface area contributed by atoms with Crippen molar-refractivity contribution in [1.29, 1.82) is 0 Å². The van der Waals surface area contributed by atoms with Gasteiger partial charge in [0.25, 0.3) is 0 Å². The summed E-state index contributed by atoms with van der Waals surface area (Å²) in [5.41, 5.74) is 4.82. The molecule has 3 aromatic rings. The van der Waals surface area contributed by atoms with Gasteiger partial charge in [-0.15, -0.1) is 0 Å². The van der Waals surface area contributed by atoms with Crippen molar-refractivity contribution in [3.63, 3.8) is 0 Å². The lowest BCUT2D eigenvalue weighted by Gasteiger charge is -2.24. The third-order valence-corrected chi connectivity index (χ3v) is 9.52. The van der Waals surface area contributed by atoms with Gasteiger partial charge >= 0.3 is 0 Å². The van der Waals surface area contributed by atoms with Gasteiger partial charge < -0.3 is 19.3 Å². The molecule has 0 aliphatic rings. The van der Waals surface area contributed by atoms with E-state index in [1.807, 2.05) is 50.3 Å². The third kappa shape index (κ3) is 7.77. The summed E-state index contributed by atoms with van der Waals surface area (Å²) >= 11 is 0. The van der Waals surface area contributed by atoms with Gasteiger partial charge in [0, 0.05) is 49.2 Å². The molecule has 6 nitrogen and oxygen atoms in total. The maximum Gasteiger partial charge on any atom is 0.188 e. The highest BCUT2D eigenvalue weighted by Crippen LogP contribution is 2.35. The maximum absolute atomic E-state index is 14.0. The monoisotopic (exact) mass is 590 g/mol. The van der Waals surface area contributed by atoms with E-state index in [0.29, 0.717) is 12.4 Å². The average Bonchev–Trinajstić information content (AvgIpc) is 3.00. The van der Waals surface area contributed by atoms with Crippen LogP contribution in [0.4, 0.5) is 11.4 Å². The molecule has 226 valence electrons. The van der Waals surface area contributed by atoms with E-state index in [2.05, 4.69) is 55.7 Å². The van der Waals surface area contributed by atoms with Crippen LogP contribution in [0.5, 0.6) is 11.5 Å². The topological polar surface area (TPSA) is 59.1 Å². The van der Waals surface area contributed by atoms with Crippen LogP contribution in [0.15, 0.2) is 83.8 Å². The van der Waals surface area contributed by atoms with Crippen molar-refractivity contribution in [2.45, 2.75) is 51.7 Å². The molecule has 0 amide bonds. The first-order chi connectivity index (χ1) is 20.2. The van der Waals surface area contributed by atoms with Gasteiger partial charge in [0.15, 0.2) is 9.84 Å². The minimum absolute atomic E-state index is 0.250. The third-order valence-electron chi connectivity index (χ3n) is 7.51. The number of nitrogens with zero attached hydrogens (tertiary/aromatic N) is 2. The predicted octanol–water partition coefficient (Wildman–Crippen LogP) is 7.88. The Morgan fingerprint density at radius 1 is 0.786 bits per heavy atom. The standard InChI is InChI=1S/C35H46N2O4S/c1-8-36(9-2)29-19-24-33(27(6)25-29)35(42(38,39)32-22-20-31(40-7)21-23-32)16-14-13-15-28-17-18-30(37(10-3)11-4)26-34(28)41-12-5/h13-26,35H,8-12H2,1-7H3. The van der Waals surface area contributed by atoms with Crippen molar-refractivity contribution in [1.82, 2.24) is 0 Å². The van der Waals surface area contributed by atoms with Gasteiger partial charge in [0.1, 0.15) is 16.7 Å². The number of methoxy groups -OCH3 is 1. The fraction of sp³-hybridized carbons (Fsp3) is 0.371. The van der Waals surface area contributed by atoms with E-state index < -0.39 is 15.1 Å². The Bertz CT molecular complexity index is 1450. The molecule has 7 heteroatoms. The van der Waals surface area contributed by atoms with Crippen LogP contribution in [0.3, 0.4) is 0 Å². The summed E-state index contributed by atoms with van der Waals surface area (Å²) in [5.74, 6) is 1.41. The SMILES string of the molecule is CCOc1cc(N(CC)CC)ccc1C=CC=CC(c1ccc(N(CC)CC)cc1C)S(=O)(=O)c1ccc(OC)cc1. The number of aryl methyl sites for hydroxylation is 1. The number of benzene rings is 3. The summed E-state index contributed by atoms with van der Waals surface area (Å²) in [7, 11) is -2.18. The molecule has 0 bridgehead atoms. The number of hydrogen-bond acceptors (Lipinski definition) is 6. The highest BCUT2D eigenvalue weighted by Gasteiger charge is 2.28. The van der Waals surface area contributed by atoms with E-state index in [0.717, 1.165) is 60.0 Å². The molecule has 42 heavy (non-hydrogen) atoms. The van der Waals surface area contributed by atoms with Crippen LogP contribution < -0.4 is 19.3 Å². The summed E-state index contributed by atoms with van der Waals surface area (Å²) in [6, 6.07) is 18.8. The second kappa shape index (κ2) is 15.5. The van der Waals surface area contributed by atoms with Gasteiger partial charge in [-0.05, 0) is 101 Å². The van der Waals surface area contributed by atoms with Gasteiger partial charge in [-0.2, -0.15) is 0 Å². The number of anilines is 2. The van der Waals surface area contributed by atoms with E-state index in [4.69, 9.17) is 9.47 Å². The zero-order valence-corrected chi connectivity index (χ0v) is 26.9. The minimum atomic E-state index is -3.75. The van der Waals surface area contributed by atoms with Gasteiger partial charge in [-0.1, -0.05) is 30.4 Å². The molecular formula is C35H46N2O4S. The smallest absolute Gasteiger partial charge is 0.188 e. The van der Waals surface area contributed by atoms with Crippen LogP contribution in [0.1, 0.15) is 56.6 Å². The highest BCUT2D eigenvalue weighted by atomic mass is 32.2. The van der Waals surface area contributed by atoms with Gasteiger partial charge in [-0.25, -0.2) is 8.42 Å². The Morgan fingerprint density at radius 3 is 1.93 bits per heavy atom. The van der Waals surface area contributed by atoms with Crippen molar-refractivity contribution >= 4 is 27.3 Å². The Balaban J connectivity index is 2.02. The lowest BCUT2D eigenvalue weighted by Crippen LogP contribution is -2.22. The maximum atomic E-state index is 14.0. The second-order valence-electron chi connectivity index (χ2n) is 9.93. The molecule has 0 aromatic heterocycles. The van der Waals surface area contributed by atoms with Crippen molar-refractivity contribution in [3.05, 3.63) is 95.6 Å². The second-order valence-corrected chi connectivity index (χ2v) is 12.0. The molecule has 1 unspecified atom stereocenters. The summed E-state index contributed by atoms with van der Waals surface area (Å²) < 4.78 is 39.2. The number of allylic oxidation sites excluding steroid dienone is 2. The molecular weight excluding hydrogens is 544 g/mol. The van der Waals surface area contributed by atoms with E-state index in [1.54, 1.807) is 37.5 Å². The number of ether oxygens (including phenoxy) is 2. The van der Waals surface area contributed by atoms with Crippen molar-refractivity contribution in [2.75, 3.05) is 49.7 Å². The molecule has 0 aliphatic heterocycles. The first kappa shape index (κ1) is 32.8. The first-order valence-electron chi connectivity index (χ1n) is 14.8. The molecule has 0 aliphatic carbocycles. The Labute approximate surface area is 253 Å². The summed E-state index contributed by atoms with van der Waals surface area (Å²) in [6.07, 6.45) is 7.42. The van der Waals surface area contributed by atoms with E-state index in [-0.39, 0.29) is 4.90 Å². The molecule has 0 spiro atoms. The van der Waals surface area contributed by atoms with Gasteiger partial charge in [0.2, 0.25) is 0 Å². The molecule has 1 atom stereocenters. The Morgan fingerprint density at radius 2 is 1.38 bits per heavy atom. The van der Waals surface area contributed by atoms with Crippen LogP contribution in [0.2, 0.25) is 0 Å². The zero-order chi connectivity index (χ0) is 30.7. The lowest BCUT2D eigenvalue weighted by atomic mass is 10.0. The van der Waals surface area contributed by atoms with Crippen molar-refractivity contribution in [3.8, 4) is 11.5 Å². The summed E-state index contributed by atoms with van der Waals surface area (Å²) in [5, 5.41) is -0.863. The molecule has 0 saturated heterocycles. The Hall–Kier alpha value is -3.71. The molecule has 3 aromatic carbocycles. The van der Waals surface area contributed by atoms with Crippen LogP contribution in [-0.4, -0.2) is 48.3 Å². The quantitative estimate of drug-likeness (QED) is 0.168. The average molecular weight is 591 g/mol. The molecule has 0 saturated carbocycles. The van der Waals surface area contributed by atoms with Gasteiger partial charge in [-0.3, -0.25) is 0 Å². The van der Waals surface area contributed by atoms with E-state index in [9.17, 15) is 8.42 Å². The molecule has 0 heterocycles. The van der Waals surface area contributed by atoms with E-state index >= 15 is 0 Å². The van der Waals surface area contributed by atoms with Gasteiger partial charge in [0.05, 0.1) is 18.6 Å². The van der Waals surface area contributed by atoms with Crippen LogP contribution in [0, 0.1) is 6.92 Å². The first-order valence-corrected chi connectivity index (χ1v) is 16.4. The minimum Gasteiger partial charge on any atom is -0.497 e. The molecule has 0 fully saturated rings. The Kier molecular flexibility index (Phi) is 12.1.